The fourth-order valence-corrected chi connectivity index (χ4v) is 3.54. The smallest absolute Gasteiger partial charge is 0.191 e. The second kappa shape index (κ2) is 9.05. The summed E-state index contributed by atoms with van der Waals surface area (Å²) < 4.78 is 5.92. The maximum absolute atomic E-state index is 5.92. The van der Waals surface area contributed by atoms with E-state index in [4.69, 9.17) is 9.40 Å². The van der Waals surface area contributed by atoms with Crippen LogP contribution in [0.5, 0.6) is 0 Å². The average Bonchev–Trinajstić information content (AvgIpc) is 3.24. The molecule has 2 aromatic heterocycles. The van der Waals surface area contributed by atoms with Crippen molar-refractivity contribution in [1.82, 2.24) is 15.6 Å². The predicted octanol–water partition coefficient (Wildman–Crippen LogP) is 5.23. The number of hydrogen-bond donors (Lipinski definition) is 2. The van der Waals surface area contributed by atoms with Crippen LogP contribution in [0.2, 0.25) is 0 Å². The lowest BCUT2D eigenvalue weighted by molar-refractivity contribution is 0.488. The van der Waals surface area contributed by atoms with Gasteiger partial charge in [-0.25, -0.2) is 4.98 Å². The van der Waals surface area contributed by atoms with Crippen LogP contribution in [0.4, 0.5) is 0 Å². The summed E-state index contributed by atoms with van der Waals surface area (Å²) in [4.78, 5) is 9.02. The van der Waals surface area contributed by atoms with Gasteiger partial charge in [-0.15, -0.1) is 35.3 Å². The van der Waals surface area contributed by atoms with Crippen molar-refractivity contribution in [3.05, 3.63) is 52.2 Å². The minimum Gasteiger partial charge on any atom is -0.459 e. The van der Waals surface area contributed by atoms with E-state index in [-0.39, 0.29) is 35.4 Å². The number of guanidine groups is 1. The molecule has 0 fully saturated rings. The topological polar surface area (TPSA) is 62.5 Å². The van der Waals surface area contributed by atoms with Crippen LogP contribution >= 0.6 is 35.3 Å². The minimum atomic E-state index is 0. The van der Waals surface area contributed by atoms with E-state index in [0.29, 0.717) is 6.54 Å². The van der Waals surface area contributed by atoms with Crippen molar-refractivity contribution in [2.45, 2.75) is 45.7 Å². The van der Waals surface area contributed by atoms with Crippen molar-refractivity contribution >= 4 is 52.2 Å². The van der Waals surface area contributed by atoms with Gasteiger partial charge in [0.05, 0.1) is 18.3 Å². The molecule has 3 rings (SSSR count). The Bertz CT molecular complexity index is 877. The fraction of sp³-hybridized carbons (Fsp3) is 0.400. The van der Waals surface area contributed by atoms with Gasteiger partial charge in [0.2, 0.25) is 0 Å². The van der Waals surface area contributed by atoms with Crippen LogP contribution < -0.4 is 10.6 Å². The maximum Gasteiger partial charge on any atom is 0.191 e. The van der Waals surface area contributed by atoms with E-state index in [1.165, 1.54) is 0 Å². The van der Waals surface area contributed by atoms with Crippen LogP contribution in [-0.2, 0) is 12.0 Å². The number of thiazole rings is 1. The Hall–Kier alpha value is -1.61. The van der Waals surface area contributed by atoms with Gasteiger partial charge in [0, 0.05) is 23.2 Å². The van der Waals surface area contributed by atoms with Crippen molar-refractivity contribution in [2.75, 3.05) is 7.05 Å². The summed E-state index contributed by atoms with van der Waals surface area (Å²) in [7, 11) is 1.77. The number of halogens is 1. The lowest BCUT2D eigenvalue weighted by atomic mass is 9.93. The molecule has 0 saturated heterocycles. The molecular weight excluding hydrogens is 471 g/mol. The van der Waals surface area contributed by atoms with Gasteiger partial charge in [-0.2, -0.15) is 0 Å². The Balaban J connectivity index is 0.00000261. The Morgan fingerprint density at radius 3 is 2.67 bits per heavy atom. The van der Waals surface area contributed by atoms with Crippen molar-refractivity contribution in [2.24, 2.45) is 4.99 Å². The highest BCUT2D eigenvalue weighted by molar-refractivity contribution is 14.0. The maximum atomic E-state index is 5.92. The van der Waals surface area contributed by atoms with Crippen molar-refractivity contribution in [1.29, 1.82) is 0 Å². The predicted molar refractivity (Wildman–Crippen MR) is 124 cm³/mol. The monoisotopic (exact) mass is 498 g/mol. The van der Waals surface area contributed by atoms with Crippen LogP contribution in [0.25, 0.3) is 11.0 Å². The van der Waals surface area contributed by atoms with Crippen LogP contribution in [0.3, 0.4) is 0 Å². The summed E-state index contributed by atoms with van der Waals surface area (Å²) in [5, 5.41) is 11.0. The zero-order chi connectivity index (χ0) is 18.7. The number of aliphatic imine (C=N–C) groups is 1. The molecule has 3 aromatic rings. The summed E-state index contributed by atoms with van der Waals surface area (Å²) in [6, 6.07) is 10.1. The molecule has 0 aliphatic rings. The third kappa shape index (κ3) is 5.44. The van der Waals surface area contributed by atoms with E-state index in [2.05, 4.69) is 60.8 Å². The first kappa shape index (κ1) is 21.7. The highest BCUT2D eigenvalue weighted by Crippen LogP contribution is 2.24. The van der Waals surface area contributed by atoms with E-state index in [0.717, 1.165) is 33.4 Å². The van der Waals surface area contributed by atoms with Gasteiger partial charge in [0.15, 0.2) is 5.96 Å². The zero-order valence-corrected chi connectivity index (χ0v) is 19.5. The molecule has 1 aromatic carbocycles. The molecule has 0 bridgehead atoms. The fourth-order valence-electron chi connectivity index (χ4n) is 2.58. The molecule has 0 saturated carbocycles. The largest absolute Gasteiger partial charge is 0.459 e. The Kier molecular flexibility index (Phi) is 7.27. The Morgan fingerprint density at radius 1 is 1.30 bits per heavy atom. The second-order valence-electron chi connectivity index (χ2n) is 7.35. The van der Waals surface area contributed by atoms with Gasteiger partial charge in [-0.1, -0.05) is 39.0 Å². The molecule has 0 aliphatic heterocycles. The molecule has 1 unspecified atom stereocenters. The second-order valence-corrected chi connectivity index (χ2v) is 8.30. The van der Waals surface area contributed by atoms with Crippen molar-refractivity contribution in [3.8, 4) is 0 Å². The van der Waals surface area contributed by atoms with Crippen molar-refractivity contribution in [3.63, 3.8) is 0 Å². The number of benzene rings is 1. The number of aromatic nitrogens is 1. The number of fused-ring (bicyclic) bond motifs is 1. The Labute approximate surface area is 181 Å². The molecule has 146 valence electrons. The molecule has 0 radical (unpaired) electrons. The molecular formula is C20H27IN4OS. The summed E-state index contributed by atoms with van der Waals surface area (Å²) in [5.74, 6) is 1.61. The number of para-hydroxylation sites is 1. The van der Waals surface area contributed by atoms with E-state index in [9.17, 15) is 0 Å². The first-order chi connectivity index (χ1) is 12.4. The number of furan rings is 1. The summed E-state index contributed by atoms with van der Waals surface area (Å²) >= 11 is 1.67. The quantitative estimate of drug-likeness (QED) is 0.294. The first-order valence-corrected chi connectivity index (χ1v) is 9.65. The van der Waals surface area contributed by atoms with Gasteiger partial charge >= 0.3 is 0 Å². The van der Waals surface area contributed by atoms with E-state index < -0.39 is 0 Å². The van der Waals surface area contributed by atoms with Gasteiger partial charge in [0.1, 0.15) is 16.4 Å². The van der Waals surface area contributed by atoms with Gasteiger partial charge < -0.3 is 15.1 Å². The molecule has 0 amide bonds. The third-order valence-electron chi connectivity index (χ3n) is 4.18. The summed E-state index contributed by atoms with van der Waals surface area (Å²) in [6.45, 7) is 9.23. The van der Waals surface area contributed by atoms with Gasteiger partial charge in [-0.3, -0.25) is 4.99 Å². The van der Waals surface area contributed by atoms with Gasteiger partial charge in [-0.05, 0) is 19.1 Å². The number of nitrogens with one attached hydrogen (secondary N) is 2. The molecule has 2 heterocycles. The third-order valence-corrected chi connectivity index (χ3v) is 5.02. The first-order valence-electron chi connectivity index (χ1n) is 8.77. The van der Waals surface area contributed by atoms with E-state index in [1.807, 2.05) is 18.2 Å². The molecule has 5 nitrogen and oxygen atoms in total. The summed E-state index contributed by atoms with van der Waals surface area (Å²) in [6.07, 6.45) is 0. The molecule has 0 aliphatic carbocycles. The van der Waals surface area contributed by atoms with Crippen LogP contribution in [0, 0.1) is 0 Å². The highest BCUT2D eigenvalue weighted by Gasteiger charge is 2.18. The number of rotatable bonds is 4. The lowest BCUT2D eigenvalue weighted by Gasteiger charge is -2.16. The normalized spacial score (nSPS) is 13.3. The van der Waals surface area contributed by atoms with E-state index >= 15 is 0 Å². The summed E-state index contributed by atoms with van der Waals surface area (Å²) in [5.41, 5.74) is 2.10. The van der Waals surface area contributed by atoms with Gasteiger partial charge in [0.25, 0.3) is 0 Å². The lowest BCUT2D eigenvalue weighted by Crippen LogP contribution is -2.38. The molecule has 7 heteroatoms. The molecule has 1 atom stereocenters. The average molecular weight is 498 g/mol. The zero-order valence-electron chi connectivity index (χ0n) is 16.4. The van der Waals surface area contributed by atoms with E-state index in [1.54, 1.807) is 18.4 Å². The minimum absolute atomic E-state index is 0. The molecule has 2 N–H and O–H groups in total. The van der Waals surface area contributed by atoms with Crippen molar-refractivity contribution < 1.29 is 4.42 Å². The van der Waals surface area contributed by atoms with Crippen LogP contribution in [0.1, 0.15) is 50.2 Å². The number of hydrogen-bond acceptors (Lipinski definition) is 4. The Morgan fingerprint density at radius 2 is 2.04 bits per heavy atom. The number of nitrogens with zero attached hydrogens (tertiary/aromatic N) is 2. The SMILES string of the molecule is CN=C(NCc1nc(C(C)(C)C)cs1)NC(C)c1cc2ccccc2o1.I. The molecule has 0 spiro atoms. The van der Waals surface area contributed by atoms with Crippen LogP contribution in [-0.4, -0.2) is 18.0 Å². The standard InChI is InChI=1S/C20H26N4OS.HI/c1-13(16-10-14-8-6-7-9-15(14)25-16)23-19(21-5)22-11-18-24-17(12-26-18)20(2,3)4;/h6-10,12-13H,11H2,1-5H3,(H2,21,22,23);1H. The highest BCUT2D eigenvalue weighted by atomic mass is 127. The molecule has 27 heavy (non-hydrogen) atoms. The van der Waals surface area contributed by atoms with Crippen LogP contribution in [0.15, 0.2) is 45.1 Å².